The number of urea groups is 1. The van der Waals surface area contributed by atoms with E-state index in [1.165, 1.54) is 0 Å². The summed E-state index contributed by atoms with van der Waals surface area (Å²) in [5.41, 5.74) is 1.02. The van der Waals surface area contributed by atoms with Crippen molar-refractivity contribution in [3.05, 3.63) is 35.5 Å². The summed E-state index contributed by atoms with van der Waals surface area (Å²) in [6, 6.07) is 7.07. The van der Waals surface area contributed by atoms with Crippen LogP contribution in [0.1, 0.15) is 16.1 Å². The predicted octanol–water partition coefficient (Wildman–Crippen LogP) is 1.34. The van der Waals surface area contributed by atoms with Gasteiger partial charge < -0.3 is 19.7 Å². The molecule has 10 heteroatoms. The fourth-order valence-corrected chi connectivity index (χ4v) is 2.93. The van der Waals surface area contributed by atoms with Crippen molar-refractivity contribution in [1.82, 2.24) is 19.8 Å². The van der Waals surface area contributed by atoms with E-state index >= 15 is 0 Å². The molecule has 0 saturated carbocycles. The molecule has 0 spiro atoms. The molecule has 1 fully saturated rings. The van der Waals surface area contributed by atoms with Crippen LogP contribution in [0.15, 0.2) is 24.3 Å². The van der Waals surface area contributed by atoms with Crippen LogP contribution < -0.4 is 15.4 Å². The normalized spacial score (nSPS) is 14.0. The Morgan fingerprint density at radius 3 is 2.69 bits per heavy atom. The van der Waals surface area contributed by atoms with Gasteiger partial charge in [-0.25, -0.2) is 4.79 Å². The smallest absolute Gasteiger partial charge is 0.322 e. The van der Waals surface area contributed by atoms with Crippen molar-refractivity contribution in [1.29, 1.82) is 0 Å². The monoisotopic (exact) mass is 377 g/mol. The SMILES string of the molecule is COc1ccc(CNC(=O)c2nnsc2NC(=O)N2CCOCC2)cc1. The first kappa shape index (κ1) is 18.1. The van der Waals surface area contributed by atoms with Crippen LogP contribution in [0.25, 0.3) is 0 Å². The highest BCUT2D eigenvalue weighted by molar-refractivity contribution is 7.10. The second-order valence-electron chi connectivity index (χ2n) is 5.51. The van der Waals surface area contributed by atoms with E-state index in [0.717, 1.165) is 22.8 Å². The molecule has 2 aromatic rings. The van der Waals surface area contributed by atoms with Crippen molar-refractivity contribution >= 4 is 28.5 Å². The second kappa shape index (κ2) is 8.59. The van der Waals surface area contributed by atoms with E-state index in [1.807, 2.05) is 24.3 Å². The Bertz CT molecular complexity index is 758. The molecule has 2 heterocycles. The fourth-order valence-electron chi connectivity index (χ4n) is 2.37. The molecule has 1 aliphatic heterocycles. The first-order chi connectivity index (χ1) is 12.7. The maximum atomic E-state index is 12.4. The number of benzene rings is 1. The Hall–Kier alpha value is -2.72. The highest BCUT2D eigenvalue weighted by Crippen LogP contribution is 2.19. The number of carbonyl (C=O) groups excluding carboxylic acids is 2. The molecule has 0 atom stereocenters. The van der Waals surface area contributed by atoms with E-state index in [0.29, 0.717) is 37.8 Å². The van der Waals surface area contributed by atoms with Crippen molar-refractivity contribution in [3.63, 3.8) is 0 Å². The molecule has 1 aromatic heterocycles. The van der Waals surface area contributed by atoms with Gasteiger partial charge in [0.2, 0.25) is 0 Å². The Morgan fingerprint density at radius 2 is 2.00 bits per heavy atom. The van der Waals surface area contributed by atoms with Gasteiger partial charge in [0.05, 0.1) is 20.3 Å². The van der Waals surface area contributed by atoms with Gasteiger partial charge >= 0.3 is 6.03 Å². The van der Waals surface area contributed by atoms with Crippen molar-refractivity contribution < 1.29 is 19.1 Å². The maximum absolute atomic E-state index is 12.4. The number of nitrogens with zero attached hydrogens (tertiary/aromatic N) is 3. The fraction of sp³-hybridized carbons (Fsp3) is 0.375. The van der Waals surface area contributed by atoms with Gasteiger partial charge in [-0.2, -0.15) is 0 Å². The Kier molecular flexibility index (Phi) is 5.97. The maximum Gasteiger partial charge on any atom is 0.322 e. The van der Waals surface area contributed by atoms with Crippen molar-refractivity contribution in [2.75, 3.05) is 38.7 Å². The molecule has 138 valence electrons. The molecule has 9 nitrogen and oxygen atoms in total. The van der Waals surface area contributed by atoms with Crippen molar-refractivity contribution in [2.24, 2.45) is 0 Å². The van der Waals surface area contributed by atoms with Crippen LogP contribution >= 0.6 is 11.5 Å². The Balaban J connectivity index is 1.57. The lowest BCUT2D eigenvalue weighted by atomic mass is 10.2. The Morgan fingerprint density at radius 1 is 1.27 bits per heavy atom. The molecule has 1 aromatic carbocycles. The summed E-state index contributed by atoms with van der Waals surface area (Å²) in [5, 5.41) is 9.63. The third-order valence-corrected chi connectivity index (χ3v) is 4.48. The minimum absolute atomic E-state index is 0.102. The number of hydrogen-bond acceptors (Lipinski definition) is 7. The van der Waals surface area contributed by atoms with Gasteiger partial charge in [0, 0.05) is 31.2 Å². The number of rotatable bonds is 5. The molecule has 3 rings (SSSR count). The van der Waals surface area contributed by atoms with Gasteiger partial charge in [-0.05, 0) is 17.7 Å². The number of carbonyl (C=O) groups is 2. The van der Waals surface area contributed by atoms with Crippen LogP contribution in [0.5, 0.6) is 5.75 Å². The molecule has 3 amide bonds. The number of morpholine rings is 1. The van der Waals surface area contributed by atoms with Gasteiger partial charge in [-0.15, -0.1) is 5.10 Å². The van der Waals surface area contributed by atoms with E-state index in [-0.39, 0.29) is 11.7 Å². The average Bonchev–Trinajstić information content (AvgIpc) is 3.15. The second-order valence-corrected chi connectivity index (χ2v) is 6.27. The molecular formula is C16H19N5O4S. The lowest BCUT2D eigenvalue weighted by Gasteiger charge is -2.26. The van der Waals surface area contributed by atoms with Crippen molar-refractivity contribution in [3.8, 4) is 5.75 Å². The van der Waals surface area contributed by atoms with Gasteiger partial charge in [0.15, 0.2) is 10.7 Å². The summed E-state index contributed by atoms with van der Waals surface area (Å²) in [6.07, 6.45) is 0. The van der Waals surface area contributed by atoms with Crippen LogP contribution in [0.2, 0.25) is 0 Å². The van der Waals surface area contributed by atoms with E-state index in [2.05, 4.69) is 20.2 Å². The summed E-state index contributed by atoms with van der Waals surface area (Å²) in [6.45, 7) is 2.36. The van der Waals surface area contributed by atoms with Crippen LogP contribution in [0.4, 0.5) is 9.80 Å². The summed E-state index contributed by atoms with van der Waals surface area (Å²) in [5.74, 6) is 0.351. The van der Waals surface area contributed by atoms with E-state index in [4.69, 9.17) is 9.47 Å². The lowest BCUT2D eigenvalue weighted by Crippen LogP contribution is -2.43. The van der Waals surface area contributed by atoms with Gasteiger partial charge in [0.25, 0.3) is 5.91 Å². The standard InChI is InChI=1S/C16H19N5O4S/c1-24-12-4-2-11(3-5-12)10-17-14(22)13-15(26-20-19-13)18-16(23)21-6-8-25-9-7-21/h2-5H,6-10H2,1H3,(H,17,22)(H,18,23). The molecule has 0 bridgehead atoms. The summed E-state index contributed by atoms with van der Waals surface area (Å²) in [4.78, 5) is 26.2. The molecule has 26 heavy (non-hydrogen) atoms. The third kappa shape index (κ3) is 4.46. The zero-order chi connectivity index (χ0) is 18.4. The van der Waals surface area contributed by atoms with Gasteiger partial charge in [-0.3, -0.25) is 10.1 Å². The molecular weight excluding hydrogens is 358 g/mol. The number of ether oxygens (including phenoxy) is 2. The number of nitrogens with one attached hydrogen (secondary N) is 2. The van der Waals surface area contributed by atoms with Gasteiger partial charge in [0.1, 0.15) is 5.75 Å². The molecule has 2 N–H and O–H groups in total. The lowest BCUT2D eigenvalue weighted by molar-refractivity contribution is 0.0565. The molecule has 0 radical (unpaired) electrons. The Labute approximate surface area is 154 Å². The quantitative estimate of drug-likeness (QED) is 0.815. The van der Waals surface area contributed by atoms with E-state index in [9.17, 15) is 9.59 Å². The first-order valence-electron chi connectivity index (χ1n) is 8.04. The highest BCUT2D eigenvalue weighted by atomic mass is 32.1. The average molecular weight is 377 g/mol. The molecule has 1 aliphatic rings. The minimum Gasteiger partial charge on any atom is -0.497 e. The number of hydrogen-bond donors (Lipinski definition) is 2. The number of methoxy groups -OCH3 is 1. The summed E-state index contributed by atoms with van der Waals surface area (Å²) >= 11 is 0.968. The largest absolute Gasteiger partial charge is 0.497 e. The highest BCUT2D eigenvalue weighted by Gasteiger charge is 2.22. The van der Waals surface area contributed by atoms with Crippen LogP contribution in [-0.4, -0.2) is 59.8 Å². The van der Waals surface area contributed by atoms with Crippen LogP contribution in [-0.2, 0) is 11.3 Å². The predicted molar refractivity (Wildman–Crippen MR) is 95.5 cm³/mol. The van der Waals surface area contributed by atoms with E-state index < -0.39 is 5.91 Å². The summed E-state index contributed by atoms with van der Waals surface area (Å²) in [7, 11) is 1.60. The molecule has 1 saturated heterocycles. The van der Waals surface area contributed by atoms with Gasteiger partial charge in [-0.1, -0.05) is 16.6 Å². The molecule has 0 unspecified atom stereocenters. The first-order valence-corrected chi connectivity index (χ1v) is 8.82. The number of anilines is 1. The topological polar surface area (TPSA) is 106 Å². The third-order valence-electron chi connectivity index (χ3n) is 3.83. The van der Waals surface area contributed by atoms with Crippen molar-refractivity contribution in [2.45, 2.75) is 6.54 Å². The number of amides is 3. The summed E-state index contributed by atoms with van der Waals surface area (Å²) < 4.78 is 14.1. The number of aromatic nitrogens is 2. The zero-order valence-electron chi connectivity index (χ0n) is 14.2. The minimum atomic E-state index is -0.396. The van der Waals surface area contributed by atoms with Crippen LogP contribution in [0.3, 0.4) is 0 Å². The zero-order valence-corrected chi connectivity index (χ0v) is 15.0. The molecule has 0 aliphatic carbocycles. The van der Waals surface area contributed by atoms with Crippen LogP contribution in [0, 0.1) is 0 Å². The van der Waals surface area contributed by atoms with E-state index in [1.54, 1.807) is 12.0 Å².